The van der Waals surface area contributed by atoms with Crippen molar-refractivity contribution >= 4 is 11.8 Å². The van der Waals surface area contributed by atoms with Gasteiger partial charge in [0.15, 0.2) is 0 Å². The molecule has 0 fully saturated rings. The zero-order valence-corrected chi connectivity index (χ0v) is 10.6. The summed E-state index contributed by atoms with van der Waals surface area (Å²) >= 11 is 0. The molecule has 0 saturated heterocycles. The molecule has 0 aliphatic rings. The summed E-state index contributed by atoms with van der Waals surface area (Å²) in [5.41, 5.74) is 5.56. The van der Waals surface area contributed by atoms with Crippen LogP contribution < -0.4 is 10.9 Å². The molecule has 0 aliphatic heterocycles. The van der Waals surface area contributed by atoms with Crippen molar-refractivity contribution in [1.29, 1.82) is 5.26 Å². The Morgan fingerprint density at radius 3 is 2.60 bits per heavy atom. The summed E-state index contributed by atoms with van der Waals surface area (Å²) in [5, 5.41) is 8.76. The Hall–Kier alpha value is -3.07. The fraction of sp³-hybridized carbons (Fsp3) is 0.0714. The molecule has 0 radical (unpaired) electrons. The first-order valence-electron chi connectivity index (χ1n) is 5.77. The van der Waals surface area contributed by atoms with Gasteiger partial charge in [0.1, 0.15) is 5.76 Å². The molecule has 1 heterocycles. The second-order valence-electron chi connectivity index (χ2n) is 3.99. The highest BCUT2D eigenvalue weighted by atomic mass is 16.3. The van der Waals surface area contributed by atoms with Crippen molar-refractivity contribution in [2.75, 3.05) is 0 Å². The van der Waals surface area contributed by atoms with Gasteiger partial charge in [-0.2, -0.15) is 5.26 Å². The van der Waals surface area contributed by atoms with E-state index in [0.29, 0.717) is 16.9 Å². The van der Waals surface area contributed by atoms with E-state index in [1.807, 2.05) is 6.07 Å². The fourth-order valence-electron chi connectivity index (χ4n) is 1.60. The average molecular weight is 269 g/mol. The van der Waals surface area contributed by atoms with Crippen LogP contribution >= 0.6 is 0 Å². The minimum absolute atomic E-state index is 0.285. The van der Waals surface area contributed by atoms with Crippen LogP contribution in [0.2, 0.25) is 0 Å². The number of carbonyl (C=O) groups is 2. The number of aryl methyl sites for hydroxylation is 1. The van der Waals surface area contributed by atoms with E-state index >= 15 is 0 Å². The molecule has 0 bridgehead atoms. The van der Waals surface area contributed by atoms with Gasteiger partial charge in [0.2, 0.25) is 0 Å². The maximum atomic E-state index is 11.8. The molecule has 2 N–H and O–H groups in total. The molecule has 0 unspecified atom stereocenters. The third kappa shape index (κ3) is 2.84. The van der Waals surface area contributed by atoms with Crippen LogP contribution in [0.3, 0.4) is 0 Å². The van der Waals surface area contributed by atoms with Crippen molar-refractivity contribution < 1.29 is 14.0 Å². The summed E-state index contributed by atoms with van der Waals surface area (Å²) in [6.07, 6.45) is 1.39. The number of rotatable bonds is 2. The lowest BCUT2D eigenvalue weighted by molar-refractivity contribution is 0.0845. The minimum atomic E-state index is -0.503. The van der Waals surface area contributed by atoms with Crippen LogP contribution in [0.4, 0.5) is 0 Å². The largest absolute Gasteiger partial charge is 0.469 e. The third-order valence-electron chi connectivity index (χ3n) is 2.65. The zero-order chi connectivity index (χ0) is 14.5. The van der Waals surface area contributed by atoms with Gasteiger partial charge >= 0.3 is 0 Å². The number of nitrogens with one attached hydrogen (secondary N) is 2. The lowest BCUT2D eigenvalue weighted by Crippen LogP contribution is -2.41. The topological polar surface area (TPSA) is 95.1 Å². The summed E-state index contributed by atoms with van der Waals surface area (Å²) in [4.78, 5) is 23.6. The molecule has 6 heteroatoms. The number of hydrogen-bond donors (Lipinski definition) is 2. The summed E-state index contributed by atoms with van der Waals surface area (Å²) in [7, 11) is 0. The first-order valence-corrected chi connectivity index (χ1v) is 5.77. The molecule has 0 aliphatic carbocycles. The standard InChI is InChI=1S/C14H11N3O3/c1-9-12(5-6-20-9)14(19)17-16-13(18)11-4-2-3-10(7-11)8-15/h2-7H,1H3,(H,16,18)(H,17,19). The smallest absolute Gasteiger partial charge is 0.273 e. The maximum absolute atomic E-state index is 11.8. The van der Waals surface area contributed by atoms with Gasteiger partial charge in [0.05, 0.1) is 23.5 Å². The molecule has 6 nitrogen and oxygen atoms in total. The predicted molar refractivity (Wildman–Crippen MR) is 69.5 cm³/mol. The van der Waals surface area contributed by atoms with Crippen molar-refractivity contribution in [3.63, 3.8) is 0 Å². The SMILES string of the molecule is Cc1occc1C(=O)NNC(=O)c1cccc(C#N)c1. The molecular weight excluding hydrogens is 258 g/mol. The van der Waals surface area contributed by atoms with E-state index in [1.54, 1.807) is 25.1 Å². The van der Waals surface area contributed by atoms with E-state index in [-0.39, 0.29) is 5.56 Å². The Morgan fingerprint density at radius 2 is 1.95 bits per heavy atom. The molecule has 1 aromatic carbocycles. The van der Waals surface area contributed by atoms with Crippen molar-refractivity contribution in [3.05, 3.63) is 59.0 Å². The highest BCUT2D eigenvalue weighted by Crippen LogP contribution is 2.08. The fourth-order valence-corrected chi connectivity index (χ4v) is 1.60. The molecule has 0 spiro atoms. The van der Waals surface area contributed by atoms with E-state index in [1.165, 1.54) is 18.4 Å². The molecule has 2 rings (SSSR count). The average Bonchev–Trinajstić information content (AvgIpc) is 2.90. The van der Waals surface area contributed by atoms with Gasteiger partial charge in [0, 0.05) is 5.56 Å². The molecule has 100 valence electrons. The van der Waals surface area contributed by atoms with Crippen LogP contribution in [-0.2, 0) is 0 Å². The van der Waals surface area contributed by atoms with E-state index in [2.05, 4.69) is 10.9 Å². The van der Waals surface area contributed by atoms with Gasteiger partial charge in [0.25, 0.3) is 11.8 Å². The van der Waals surface area contributed by atoms with Crippen LogP contribution in [0.5, 0.6) is 0 Å². The van der Waals surface area contributed by atoms with Gasteiger partial charge in [-0.3, -0.25) is 20.4 Å². The van der Waals surface area contributed by atoms with Crippen LogP contribution in [0.25, 0.3) is 0 Å². The van der Waals surface area contributed by atoms with E-state index in [4.69, 9.17) is 9.68 Å². The quantitative estimate of drug-likeness (QED) is 0.808. The number of hydrazine groups is 1. The zero-order valence-electron chi connectivity index (χ0n) is 10.6. The van der Waals surface area contributed by atoms with E-state index < -0.39 is 11.8 Å². The highest BCUT2D eigenvalue weighted by molar-refractivity contribution is 5.99. The minimum Gasteiger partial charge on any atom is -0.469 e. The number of benzene rings is 1. The summed E-state index contributed by atoms with van der Waals surface area (Å²) < 4.78 is 5.00. The number of carbonyl (C=O) groups excluding carboxylic acids is 2. The van der Waals surface area contributed by atoms with Crippen molar-refractivity contribution in [2.45, 2.75) is 6.92 Å². The Balaban J connectivity index is 2.01. The van der Waals surface area contributed by atoms with Crippen LogP contribution in [-0.4, -0.2) is 11.8 Å². The van der Waals surface area contributed by atoms with Gasteiger partial charge < -0.3 is 4.42 Å². The van der Waals surface area contributed by atoms with E-state index in [9.17, 15) is 9.59 Å². The highest BCUT2D eigenvalue weighted by Gasteiger charge is 2.13. The van der Waals surface area contributed by atoms with Crippen LogP contribution in [0, 0.1) is 18.3 Å². The lowest BCUT2D eigenvalue weighted by atomic mass is 10.1. The van der Waals surface area contributed by atoms with Crippen LogP contribution in [0.1, 0.15) is 32.0 Å². The van der Waals surface area contributed by atoms with Gasteiger partial charge in [-0.1, -0.05) is 6.07 Å². The maximum Gasteiger partial charge on any atom is 0.273 e. The normalized spacial score (nSPS) is 9.60. The monoisotopic (exact) mass is 269 g/mol. The first kappa shape index (κ1) is 13.4. The summed E-state index contributed by atoms with van der Waals surface area (Å²) in [6.45, 7) is 1.65. The number of nitrogens with zero attached hydrogens (tertiary/aromatic N) is 1. The van der Waals surface area contributed by atoms with Gasteiger partial charge in [-0.05, 0) is 31.2 Å². The molecule has 0 saturated carbocycles. The van der Waals surface area contributed by atoms with E-state index in [0.717, 1.165) is 0 Å². The molecular formula is C14H11N3O3. The number of nitriles is 1. The van der Waals surface area contributed by atoms with Gasteiger partial charge in [-0.15, -0.1) is 0 Å². The third-order valence-corrected chi connectivity index (χ3v) is 2.65. The first-order chi connectivity index (χ1) is 9.61. The Morgan fingerprint density at radius 1 is 1.20 bits per heavy atom. The second kappa shape index (κ2) is 5.71. The molecule has 2 amide bonds. The van der Waals surface area contributed by atoms with Crippen LogP contribution in [0.15, 0.2) is 41.0 Å². The predicted octanol–water partition coefficient (Wildman–Crippen LogP) is 1.53. The molecule has 0 atom stereocenters. The molecule has 2 aromatic rings. The number of furan rings is 1. The Bertz CT molecular complexity index is 698. The Kier molecular flexibility index (Phi) is 3.82. The number of amides is 2. The Labute approximate surface area is 115 Å². The number of hydrogen-bond acceptors (Lipinski definition) is 4. The lowest BCUT2D eigenvalue weighted by Gasteiger charge is -2.06. The molecule has 20 heavy (non-hydrogen) atoms. The van der Waals surface area contributed by atoms with Crippen molar-refractivity contribution in [3.8, 4) is 6.07 Å². The van der Waals surface area contributed by atoms with Crippen molar-refractivity contribution in [1.82, 2.24) is 10.9 Å². The van der Waals surface area contributed by atoms with Crippen molar-refractivity contribution in [2.24, 2.45) is 0 Å². The summed E-state index contributed by atoms with van der Waals surface area (Å²) in [5.74, 6) is -0.513. The summed E-state index contributed by atoms with van der Waals surface area (Å²) in [6, 6.07) is 9.61. The molecule has 1 aromatic heterocycles. The second-order valence-corrected chi connectivity index (χ2v) is 3.99. The van der Waals surface area contributed by atoms with Gasteiger partial charge in [-0.25, -0.2) is 0 Å².